The molecule has 34 heavy (non-hydrogen) atoms. The summed E-state index contributed by atoms with van der Waals surface area (Å²) in [6.45, 7) is 4.03. The molecule has 1 heterocycles. The van der Waals surface area contributed by atoms with Crippen LogP contribution in [0.3, 0.4) is 0 Å². The first-order valence-electron chi connectivity index (χ1n) is 12.0. The first kappa shape index (κ1) is 23.8. The summed E-state index contributed by atoms with van der Waals surface area (Å²) in [5, 5.41) is 12.5. The number of carboxylic acid groups (broad SMARTS) is 1. The first-order valence-corrected chi connectivity index (χ1v) is 12.0. The number of amides is 2. The van der Waals surface area contributed by atoms with E-state index in [2.05, 4.69) is 17.4 Å². The molecule has 0 bridgehead atoms. The van der Waals surface area contributed by atoms with Crippen molar-refractivity contribution in [1.82, 2.24) is 10.2 Å². The Morgan fingerprint density at radius 3 is 2.29 bits per heavy atom. The topological polar surface area (TPSA) is 95.9 Å². The van der Waals surface area contributed by atoms with Crippen molar-refractivity contribution in [2.24, 2.45) is 0 Å². The minimum Gasteiger partial charge on any atom is -0.480 e. The van der Waals surface area contributed by atoms with Gasteiger partial charge in [0, 0.05) is 12.5 Å². The largest absolute Gasteiger partial charge is 0.480 e. The molecule has 4 rings (SSSR count). The van der Waals surface area contributed by atoms with Crippen LogP contribution < -0.4 is 5.32 Å². The second-order valence-corrected chi connectivity index (χ2v) is 9.34. The van der Waals surface area contributed by atoms with Gasteiger partial charge in [0.2, 0.25) is 5.91 Å². The Morgan fingerprint density at radius 1 is 1.09 bits per heavy atom. The molecule has 2 aromatic carbocycles. The van der Waals surface area contributed by atoms with Crippen LogP contribution in [0.4, 0.5) is 4.79 Å². The summed E-state index contributed by atoms with van der Waals surface area (Å²) in [4.78, 5) is 39.5. The number of likely N-dealkylation sites (tertiary alicyclic amines) is 1. The van der Waals surface area contributed by atoms with Crippen molar-refractivity contribution in [2.75, 3.05) is 13.2 Å². The molecule has 0 aromatic heterocycles. The van der Waals surface area contributed by atoms with Gasteiger partial charge in [-0.25, -0.2) is 9.59 Å². The number of fused-ring (bicyclic) bond motifs is 3. The van der Waals surface area contributed by atoms with Gasteiger partial charge in [0.15, 0.2) is 0 Å². The Bertz CT molecular complexity index is 1040. The van der Waals surface area contributed by atoms with Crippen molar-refractivity contribution < 1.29 is 24.2 Å². The highest BCUT2D eigenvalue weighted by atomic mass is 16.5. The fraction of sp³-hybridized carbons (Fsp3) is 0.444. The average Bonchev–Trinajstić information content (AvgIpc) is 3.16. The van der Waals surface area contributed by atoms with Gasteiger partial charge in [-0.1, -0.05) is 61.9 Å². The third-order valence-corrected chi connectivity index (χ3v) is 7.13. The first-order chi connectivity index (χ1) is 16.4. The highest BCUT2D eigenvalue weighted by Crippen LogP contribution is 2.44. The smallest absolute Gasteiger partial charge is 0.407 e. The van der Waals surface area contributed by atoms with Crippen LogP contribution in [0.15, 0.2) is 48.5 Å². The zero-order chi connectivity index (χ0) is 24.3. The minimum absolute atomic E-state index is 0.0733. The monoisotopic (exact) mass is 464 g/mol. The number of hydrogen-bond acceptors (Lipinski definition) is 4. The Labute approximate surface area is 200 Å². The maximum absolute atomic E-state index is 13.3. The Kier molecular flexibility index (Phi) is 6.91. The van der Waals surface area contributed by atoms with Gasteiger partial charge in [0.25, 0.3) is 0 Å². The zero-order valence-corrected chi connectivity index (χ0v) is 19.8. The summed E-state index contributed by atoms with van der Waals surface area (Å²) >= 11 is 0. The van der Waals surface area contributed by atoms with Crippen LogP contribution in [0.5, 0.6) is 0 Å². The molecule has 1 aliphatic carbocycles. The summed E-state index contributed by atoms with van der Waals surface area (Å²) in [7, 11) is 0. The second kappa shape index (κ2) is 9.87. The van der Waals surface area contributed by atoms with Gasteiger partial charge in [0.05, 0.1) is 0 Å². The summed E-state index contributed by atoms with van der Waals surface area (Å²) in [6, 6.07) is 15.4. The molecule has 0 saturated carbocycles. The van der Waals surface area contributed by atoms with E-state index in [0.29, 0.717) is 25.8 Å². The number of rotatable bonds is 7. The standard InChI is InChI=1S/C27H32N2O5/c1-3-10-23(24(30)29-16-9-8-15-27(29,2)25(31)32)28-26(33)34-17-22-20-13-6-4-11-18(20)19-12-5-7-14-21(19)22/h4-7,11-14,22-23H,3,8-10,15-17H2,1-2H3,(H,28,33)(H,31,32)/t23-,27?/m0/s1. The Morgan fingerprint density at radius 2 is 1.71 bits per heavy atom. The van der Waals surface area contributed by atoms with Gasteiger partial charge in [-0.3, -0.25) is 4.79 Å². The van der Waals surface area contributed by atoms with E-state index in [9.17, 15) is 19.5 Å². The Balaban J connectivity index is 1.45. The number of aliphatic carboxylic acids is 1. The van der Waals surface area contributed by atoms with Crippen molar-refractivity contribution in [3.63, 3.8) is 0 Å². The normalized spacial score (nSPS) is 20.2. The molecule has 0 spiro atoms. The van der Waals surface area contributed by atoms with Crippen molar-refractivity contribution in [2.45, 2.75) is 63.5 Å². The van der Waals surface area contributed by atoms with Gasteiger partial charge < -0.3 is 20.1 Å². The molecule has 2 aromatic rings. The van der Waals surface area contributed by atoms with E-state index < -0.39 is 23.6 Å². The molecule has 2 aliphatic rings. The minimum atomic E-state index is -1.26. The number of benzene rings is 2. The lowest BCUT2D eigenvalue weighted by Crippen LogP contribution is -2.61. The van der Waals surface area contributed by atoms with E-state index in [1.165, 1.54) is 4.90 Å². The molecule has 7 nitrogen and oxygen atoms in total. The van der Waals surface area contributed by atoms with Crippen LogP contribution in [-0.2, 0) is 14.3 Å². The van der Waals surface area contributed by atoms with E-state index in [1.54, 1.807) is 6.92 Å². The average molecular weight is 465 g/mol. The van der Waals surface area contributed by atoms with E-state index in [1.807, 2.05) is 43.3 Å². The maximum atomic E-state index is 13.3. The fourth-order valence-corrected chi connectivity index (χ4v) is 5.21. The number of nitrogens with zero attached hydrogens (tertiary/aromatic N) is 1. The van der Waals surface area contributed by atoms with Crippen LogP contribution in [0, 0.1) is 0 Å². The molecular weight excluding hydrogens is 432 g/mol. The molecule has 2 N–H and O–H groups in total. The number of nitrogens with one attached hydrogen (secondary N) is 1. The molecule has 1 unspecified atom stereocenters. The highest BCUT2D eigenvalue weighted by Gasteiger charge is 2.45. The van der Waals surface area contributed by atoms with Crippen molar-refractivity contribution in [1.29, 1.82) is 0 Å². The third kappa shape index (κ3) is 4.39. The second-order valence-electron chi connectivity index (χ2n) is 9.34. The van der Waals surface area contributed by atoms with Gasteiger partial charge in [-0.15, -0.1) is 0 Å². The summed E-state index contributed by atoms with van der Waals surface area (Å²) in [5.74, 6) is -1.45. The number of carbonyl (C=O) groups excluding carboxylic acids is 2. The number of carbonyl (C=O) groups is 3. The summed E-state index contributed by atoms with van der Waals surface area (Å²) < 4.78 is 5.62. The van der Waals surface area contributed by atoms with E-state index >= 15 is 0 Å². The van der Waals surface area contributed by atoms with Crippen molar-refractivity contribution in [3.8, 4) is 11.1 Å². The van der Waals surface area contributed by atoms with Gasteiger partial charge in [-0.05, 0) is 54.9 Å². The zero-order valence-electron chi connectivity index (χ0n) is 19.8. The number of alkyl carbamates (subject to hydrolysis) is 1. The summed E-state index contributed by atoms with van der Waals surface area (Å²) in [6.07, 6.45) is 2.32. The number of hydrogen-bond donors (Lipinski definition) is 2. The molecule has 2 atom stereocenters. The molecule has 0 radical (unpaired) electrons. The molecule has 180 valence electrons. The number of carboxylic acids is 1. The van der Waals surface area contributed by atoms with E-state index in [4.69, 9.17) is 4.74 Å². The van der Waals surface area contributed by atoms with E-state index in [0.717, 1.165) is 35.1 Å². The highest BCUT2D eigenvalue weighted by molar-refractivity contribution is 5.91. The lowest BCUT2D eigenvalue weighted by atomic mass is 9.87. The van der Waals surface area contributed by atoms with Crippen LogP contribution in [0.1, 0.15) is 63.0 Å². The molecule has 1 fully saturated rings. The molecule has 2 amide bonds. The lowest BCUT2D eigenvalue weighted by molar-refractivity contribution is -0.161. The third-order valence-electron chi connectivity index (χ3n) is 7.13. The molecule has 7 heteroatoms. The lowest BCUT2D eigenvalue weighted by Gasteiger charge is -2.43. The van der Waals surface area contributed by atoms with Crippen molar-refractivity contribution >= 4 is 18.0 Å². The number of piperidine rings is 1. The van der Waals surface area contributed by atoms with Crippen LogP contribution in [0.25, 0.3) is 11.1 Å². The van der Waals surface area contributed by atoms with Crippen molar-refractivity contribution in [3.05, 3.63) is 59.7 Å². The van der Waals surface area contributed by atoms with Gasteiger partial charge in [-0.2, -0.15) is 0 Å². The Hall–Kier alpha value is -3.35. The predicted molar refractivity (Wildman–Crippen MR) is 129 cm³/mol. The summed E-state index contributed by atoms with van der Waals surface area (Å²) in [5.41, 5.74) is 3.25. The maximum Gasteiger partial charge on any atom is 0.407 e. The predicted octanol–water partition coefficient (Wildman–Crippen LogP) is 4.55. The van der Waals surface area contributed by atoms with Gasteiger partial charge in [0.1, 0.15) is 18.2 Å². The number of ether oxygens (including phenoxy) is 1. The molecular formula is C27H32N2O5. The molecule has 1 saturated heterocycles. The quantitative estimate of drug-likeness (QED) is 0.627. The van der Waals surface area contributed by atoms with Gasteiger partial charge >= 0.3 is 12.1 Å². The SMILES string of the molecule is CCC[C@H](NC(=O)OCC1c2ccccc2-c2ccccc21)C(=O)N1CCCCC1(C)C(=O)O. The fourth-order valence-electron chi connectivity index (χ4n) is 5.21. The van der Waals surface area contributed by atoms with Crippen LogP contribution in [0.2, 0.25) is 0 Å². The van der Waals surface area contributed by atoms with Crippen LogP contribution in [-0.4, -0.2) is 52.7 Å². The molecule has 1 aliphatic heterocycles. The van der Waals surface area contributed by atoms with E-state index in [-0.39, 0.29) is 18.4 Å². The van der Waals surface area contributed by atoms with Crippen LogP contribution >= 0.6 is 0 Å².